The van der Waals surface area contributed by atoms with Gasteiger partial charge in [0, 0.05) is 0 Å². The molecule has 1 heterocycles. The molecular weight excluding hydrogens is 128 g/mol. The molecular formula is C4H4O5. The van der Waals surface area contributed by atoms with Crippen molar-refractivity contribution < 1.29 is 24.5 Å². The second-order valence-electron chi connectivity index (χ2n) is 1.75. The maximum absolute atomic E-state index is 10.2. The van der Waals surface area contributed by atoms with Crippen molar-refractivity contribution in [1.29, 1.82) is 0 Å². The van der Waals surface area contributed by atoms with E-state index in [4.69, 9.17) is 10.2 Å². The van der Waals surface area contributed by atoms with E-state index in [2.05, 4.69) is 4.74 Å². The molecule has 1 aliphatic rings. The van der Waals surface area contributed by atoms with Crippen LogP contribution in [0.2, 0.25) is 0 Å². The zero-order chi connectivity index (χ0) is 7.07. The van der Waals surface area contributed by atoms with Gasteiger partial charge in [-0.15, -0.1) is 0 Å². The van der Waals surface area contributed by atoms with Crippen LogP contribution in [0.5, 0.6) is 0 Å². The molecule has 0 unspecified atom stereocenters. The predicted octanol–water partition coefficient (Wildman–Crippen LogP) is -1.86. The van der Waals surface area contributed by atoms with Crippen LogP contribution in [0.1, 0.15) is 6.42 Å². The van der Waals surface area contributed by atoms with E-state index in [9.17, 15) is 9.59 Å². The first-order chi connectivity index (χ1) is 4.02. The van der Waals surface area contributed by atoms with E-state index < -0.39 is 24.1 Å². The molecule has 0 atom stereocenters. The van der Waals surface area contributed by atoms with Crippen LogP contribution in [-0.2, 0) is 14.3 Å². The molecule has 2 N–H and O–H groups in total. The summed E-state index contributed by atoms with van der Waals surface area (Å²) in [6.45, 7) is 0. The molecule has 0 spiro atoms. The Morgan fingerprint density at radius 1 is 1.44 bits per heavy atom. The summed E-state index contributed by atoms with van der Waals surface area (Å²) >= 11 is 0. The summed E-state index contributed by atoms with van der Waals surface area (Å²) in [5, 5.41) is 17.0. The quantitative estimate of drug-likeness (QED) is 0.229. The highest BCUT2D eigenvalue weighted by Crippen LogP contribution is 2.16. The standard InChI is InChI=1S/C4H4O5/c5-2-1-4(7,8)3(6)9-2/h7-8H,1H2. The number of carbonyl (C=O) groups is 2. The van der Waals surface area contributed by atoms with Crippen molar-refractivity contribution in [3.05, 3.63) is 0 Å². The first kappa shape index (κ1) is 6.18. The lowest BCUT2D eigenvalue weighted by Gasteiger charge is -2.04. The molecule has 0 aromatic carbocycles. The fourth-order valence-electron chi connectivity index (χ4n) is 0.495. The van der Waals surface area contributed by atoms with Crippen LogP contribution >= 0.6 is 0 Å². The van der Waals surface area contributed by atoms with Crippen molar-refractivity contribution in [2.24, 2.45) is 0 Å². The van der Waals surface area contributed by atoms with E-state index in [-0.39, 0.29) is 0 Å². The van der Waals surface area contributed by atoms with Gasteiger partial charge in [0.1, 0.15) is 6.42 Å². The van der Waals surface area contributed by atoms with E-state index >= 15 is 0 Å². The zero-order valence-corrected chi connectivity index (χ0v) is 4.33. The Morgan fingerprint density at radius 3 is 2.11 bits per heavy atom. The Kier molecular flexibility index (Phi) is 1.04. The Hall–Kier alpha value is -0.940. The number of carbonyl (C=O) groups excluding carboxylic acids is 2. The Labute approximate surface area is 49.9 Å². The van der Waals surface area contributed by atoms with Crippen LogP contribution in [0, 0.1) is 0 Å². The number of hydrogen-bond acceptors (Lipinski definition) is 5. The molecule has 5 heteroatoms. The van der Waals surface area contributed by atoms with Crippen LogP contribution in [0.25, 0.3) is 0 Å². The summed E-state index contributed by atoms with van der Waals surface area (Å²) in [6.07, 6.45) is -0.675. The number of ether oxygens (including phenoxy) is 1. The van der Waals surface area contributed by atoms with E-state index in [1.807, 2.05) is 0 Å². The SMILES string of the molecule is O=C1CC(O)(O)C(=O)O1. The van der Waals surface area contributed by atoms with Gasteiger partial charge in [0.25, 0.3) is 5.79 Å². The van der Waals surface area contributed by atoms with E-state index in [0.717, 1.165) is 0 Å². The van der Waals surface area contributed by atoms with Gasteiger partial charge >= 0.3 is 11.9 Å². The molecule has 1 rings (SSSR count). The third-order valence-corrected chi connectivity index (χ3v) is 0.924. The molecule has 1 fully saturated rings. The third kappa shape index (κ3) is 0.914. The fraction of sp³-hybridized carbons (Fsp3) is 0.500. The van der Waals surface area contributed by atoms with Gasteiger partial charge in [0.2, 0.25) is 0 Å². The number of esters is 2. The minimum atomic E-state index is -2.59. The second kappa shape index (κ2) is 1.52. The minimum Gasteiger partial charge on any atom is -0.389 e. The monoisotopic (exact) mass is 132 g/mol. The highest BCUT2D eigenvalue weighted by molar-refractivity contribution is 5.97. The highest BCUT2D eigenvalue weighted by Gasteiger charge is 2.46. The lowest BCUT2D eigenvalue weighted by atomic mass is 10.2. The van der Waals surface area contributed by atoms with Crippen molar-refractivity contribution in [1.82, 2.24) is 0 Å². The lowest BCUT2D eigenvalue weighted by Crippen LogP contribution is -2.33. The Bertz CT molecular complexity index is 170. The Morgan fingerprint density at radius 2 is 2.00 bits per heavy atom. The molecule has 0 radical (unpaired) electrons. The molecule has 0 saturated carbocycles. The van der Waals surface area contributed by atoms with Crippen molar-refractivity contribution >= 4 is 11.9 Å². The third-order valence-electron chi connectivity index (χ3n) is 0.924. The van der Waals surface area contributed by atoms with Crippen LogP contribution in [0.15, 0.2) is 0 Å². The Balaban J connectivity index is 2.81. The largest absolute Gasteiger partial charge is 0.389 e. The fourth-order valence-corrected chi connectivity index (χ4v) is 0.495. The minimum absolute atomic E-state index is 0.675. The average molecular weight is 132 g/mol. The molecule has 0 bridgehead atoms. The molecule has 0 aromatic rings. The van der Waals surface area contributed by atoms with Crippen molar-refractivity contribution in [2.45, 2.75) is 12.2 Å². The molecule has 9 heavy (non-hydrogen) atoms. The van der Waals surface area contributed by atoms with Crippen molar-refractivity contribution in [3.63, 3.8) is 0 Å². The van der Waals surface area contributed by atoms with Gasteiger partial charge in [-0.3, -0.25) is 4.79 Å². The summed E-state index contributed by atoms with van der Waals surface area (Å²) < 4.78 is 3.80. The smallest absolute Gasteiger partial charge is 0.374 e. The molecule has 50 valence electrons. The van der Waals surface area contributed by atoms with Crippen LogP contribution < -0.4 is 0 Å². The van der Waals surface area contributed by atoms with Gasteiger partial charge < -0.3 is 14.9 Å². The second-order valence-corrected chi connectivity index (χ2v) is 1.75. The molecule has 1 aliphatic heterocycles. The average Bonchev–Trinajstić information content (AvgIpc) is 1.79. The maximum atomic E-state index is 10.2. The van der Waals surface area contributed by atoms with Gasteiger partial charge in [-0.05, 0) is 0 Å². The summed E-state index contributed by atoms with van der Waals surface area (Å²) in [6, 6.07) is 0. The van der Waals surface area contributed by atoms with E-state index in [0.29, 0.717) is 0 Å². The van der Waals surface area contributed by atoms with Crippen molar-refractivity contribution in [2.75, 3.05) is 0 Å². The van der Waals surface area contributed by atoms with Gasteiger partial charge in [-0.25, -0.2) is 4.79 Å². The van der Waals surface area contributed by atoms with Crippen LogP contribution in [-0.4, -0.2) is 27.9 Å². The lowest BCUT2D eigenvalue weighted by molar-refractivity contribution is -0.189. The number of hydrogen-bond donors (Lipinski definition) is 2. The number of rotatable bonds is 0. The first-order valence-corrected chi connectivity index (χ1v) is 2.22. The van der Waals surface area contributed by atoms with Gasteiger partial charge in [0.05, 0.1) is 0 Å². The number of cyclic esters (lactones) is 2. The topological polar surface area (TPSA) is 83.8 Å². The zero-order valence-electron chi connectivity index (χ0n) is 4.33. The summed E-state index contributed by atoms with van der Waals surface area (Å²) in [5.41, 5.74) is 0. The van der Waals surface area contributed by atoms with Crippen LogP contribution in [0.3, 0.4) is 0 Å². The summed E-state index contributed by atoms with van der Waals surface area (Å²) in [4.78, 5) is 20.3. The maximum Gasteiger partial charge on any atom is 0.374 e. The molecule has 1 saturated heterocycles. The van der Waals surface area contributed by atoms with Crippen molar-refractivity contribution in [3.8, 4) is 0 Å². The predicted molar refractivity (Wildman–Crippen MR) is 22.9 cm³/mol. The van der Waals surface area contributed by atoms with Crippen LogP contribution in [0.4, 0.5) is 0 Å². The highest BCUT2D eigenvalue weighted by atomic mass is 16.6. The number of aliphatic hydroxyl groups is 2. The molecule has 5 nitrogen and oxygen atoms in total. The van der Waals surface area contributed by atoms with Gasteiger partial charge in [-0.2, -0.15) is 0 Å². The van der Waals surface area contributed by atoms with E-state index in [1.165, 1.54) is 0 Å². The normalized spacial score (nSPS) is 24.2. The molecule has 0 aromatic heterocycles. The van der Waals surface area contributed by atoms with Gasteiger partial charge in [-0.1, -0.05) is 0 Å². The summed E-state index contributed by atoms with van der Waals surface area (Å²) in [7, 11) is 0. The first-order valence-electron chi connectivity index (χ1n) is 2.22. The molecule has 0 aliphatic carbocycles. The van der Waals surface area contributed by atoms with Gasteiger partial charge in [0.15, 0.2) is 0 Å². The van der Waals surface area contributed by atoms with E-state index in [1.54, 1.807) is 0 Å². The molecule has 0 amide bonds. The summed E-state index contributed by atoms with van der Waals surface area (Å²) in [5.74, 6) is -4.80.